The Kier molecular flexibility index (Phi) is 5.12. The summed E-state index contributed by atoms with van der Waals surface area (Å²) in [5.41, 5.74) is 1.73. The molecule has 0 unspecified atom stereocenters. The molecule has 4 heteroatoms. The highest BCUT2D eigenvalue weighted by Crippen LogP contribution is 2.13. The normalized spacial score (nSPS) is 10.1. The number of ether oxygens (including phenoxy) is 2. The van der Waals surface area contributed by atoms with E-state index in [9.17, 15) is 4.79 Å². The summed E-state index contributed by atoms with van der Waals surface area (Å²) in [7, 11) is 1.37. The van der Waals surface area contributed by atoms with Crippen LogP contribution in [0.2, 0.25) is 0 Å². The smallest absolute Gasteiger partial charge is 0.337 e. The zero-order valence-electron chi connectivity index (χ0n) is 11.4. The zero-order chi connectivity index (χ0) is 14.2. The van der Waals surface area contributed by atoms with Crippen molar-refractivity contribution in [1.29, 1.82) is 0 Å². The first kappa shape index (κ1) is 14.1. The van der Waals surface area contributed by atoms with Gasteiger partial charge >= 0.3 is 5.97 Å². The average Bonchev–Trinajstić information content (AvgIpc) is 2.52. The first-order valence-electron chi connectivity index (χ1n) is 6.49. The molecule has 20 heavy (non-hydrogen) atoms. The number of aryl methyl sites for hydroxylation is 1. The lowest BCUT2D eigenvalue weighted by Crippen LogP contribution is -2.02. The number of rotatable bonds is 6. The molecule has 0 fully saturated rings. The summed E-state index contributed by atoms with van der Waals surface area (Å²) >= 11 is 0. The second-order valence-corrected chi connectivity index (χ2v) is 4.33. The molecule has 0 spiro atoms. The third-order valence-corrected chi connectivity index (χ3v) is 2.88. The number of benzene rings is 1. The summed E-state index contributed by atoms with van der Waals surface area (Å²) in [6.07, 6.45) is 5.49. The molecule has 1 aromatic carbocycles. The first-order chi connectivity index (χ1) is 9.79. The lowest BCUT2D eigenvalue weighted by Gasteiger charge is -2.06. The van der Waals surface area contributed by atoms with E-state index in [1.807, 2.05) is 12.3 Å². The summed E-state index contributed by atoms with van der Waals surface area (Å²) in [6.45, 7) is 0.631. The molecular formula is C16H17NO3. The molecule has 0 bridgehead atoms. The highest BCUT2D eigenvalue weighted by atomic mass is 16.5. The van der Waals surface area contributed by atoms with Gasteiger partial charge in [-0.1, -0.05) is 6.07 Å². The molecule has 2 rings (SSSR count). The maximum atomic E-state index is 11.3. The van der Waals surface area contributed by atoms with Crippen LogP contribution in [0.25, 0.3) is 0 Å². The lowest BCUT2D eigenvalue weighted by molar-refractivity contribution is 0.0600. The number of hydrogen-bond acceptors (Lipinski definition) is 4. The fourth-order valence-corrected chi connectivity index (χ4v) is 1.82. The van der Waals surface area contributed by atoms with Crippen LogP contribution in [-0.4, -0.2) is 24.7 Å². The Hall–Kier alpha value is -2.36. The van der Waals surface area contributed by atoms with E-state index in [1.165, 1.54) is 12.7 Å². The molecule has 0 saturated carbocycles. The van der Waals surface area contributed by atoms with Crippen LogP contribution in [0.3, 0.4) is 0 Å². The molecule has 104 valence electrons. The quantitative estimate of drug-likeness (QED) is 0.598. The van der Waals surface area contributed by atoms with E-state index in [-0.39, 0.29) is 5.97 Å². The Morgan fingerprint density at radius 3 is 2.65 bits per heavy atom. The standard InChI is InChI=1S/C16H17NO3/c1-19-16(18)14-6-8-15(9-7-14)20-11-3-5-13-4-2-10-17-12-13/h2,4,6-10,12H,3,5,11H2,1H3. The second-order valence-electron chi connectivity index (χ2n) is 4.33. The van der Waals surface area contributed by atoms with Gasteiger partial charge in [0, 0.05) is 12.4 Å². The van der Waals surface area contributed by atoms with E-state index in [0.29, 0.717) is 12.2 Å². The van der Waals surface area contributed by atoms with Gasteiger partial charge in [-0.25, -0.2) is 4.79 Å². The minimum Gasteiger partial charge on any atom is -0.494 e. The predicted molar refractivity (Wildman–Crippen MR) is 75.8 cm³/mol. The number of carbonyl (C=O) groups is 1. The van der Waals surface area contributed by atoms with Gasteiger partial charge in [0.1, 0.15) is 5.75 Å². The minimum absolute atomic E-state index is 0.340. The van der Waals surface area contributed by atoms with E-state index >= 15 is 0 Å². The van der Waals surface area contributed by atoms with E-state index in [2.05, 4.69) is 15.8 Å². The lowest BCUT2D eigenvalue weighted by atomic mass is 10.2. The van der Waals surface area contributed by atoms with E-state index in [4.69, 9.17) is 4.74 Å². The molecule has 0 aliphatic carbocycles. The van der Waals surface area contributed by atoms with Crippen LogP contribution < -0.4 is 4.74 Å². The van der Waals surface area contributed by atoms with Gasteiger partial charge in [0.05, 0.1) is 19.3 Å². The van der Waals surface area contributed by atoms with Crippen molar-refractivity contribution in [3.63, 3.8) is 0 Å². The van der Waals surface area contributed by atoms with Gasteiger partial charge in [-0.05, 0) is 48.7 Å². The van der Waals surface area contributed by atoms with Gasteiger partial charge in [-0.15, -0.1) is 0 Å². The molecular weight excluding hydrogens is 254 g/mol. The van der Waals surface area contributed by atoms with Gasteiger partial charge in [0.25, 0.3) is 0 Å². The van der Waals surface area contributed by atoms with Crippen molar-refractivity contribution in [1.82, 2.24) is 4.98 Å². The summed E-state index contributed by atoms with van der Waals surface area (Å²) in [5.74, 6) is 0.414. The van der Waals surface area contributed by atoms with E-state index in [0.717, 1.165) is 18.6 Å². The molecule has 0 atom stereocenters. The number of pyridine rings is 1. The van der Waals surface area contributed by atoms with Gasteiger partial charge in [-0.3, -0.25) is 4.98 Å². The molecule has 2 aromatic rings. The van der Waals surface area contributed by atoms with Crippen molar-refractivity contribution in [2.24, 2.45) is 0 Å². The summed E-state index contributed by atoms with van der Waals surface area (Å²) in [4.78, 5) is 15.3. The largest absolute Gasteiger partial charge is 0.494 e. The number of methoxy groups -OCH3 is 1. The molecule has 0 amide bonds. The van der Waals surface area contributed by atoms with Crippen LogP contribution in [-0.2, 0) is 11.2 Å². The van der Waals surface area contributed by atoms with Crippen LogP contribution in [0.4, 0.5) is 0 Å². The number of carbonyl (C=O) groups excluding carboxylic acids is 1. The Balaban J connectivity index is 1.75. The van der Waals surface area contributed by atoms with Crippen LogP contribution in [0.15, 0.2) is 48.8 Å². The Labute approximate surface area is 118 Å². The minimum atomic E-state index is -0.340. The number of hydrogen-bond donors (Lipinski definition) is 0. The van der Waals surface area contributed by atoms with E-state index in [1.54, 1.807) is 30.5 Å². The first-order valence-corrected chi connectivity index (χ1v) is 6.49. The van der Waals surface area contributed by atoms with Crippen LogP contribution in [0, 0.1) is 0 Å². The molecule has 0 aliphatic rings. The second kappa shape index (κ2) is 7.28. The van der Waals surface area contributed by atoms with Crippen molar-refractivity contribution in [3.8, 4) is 5.75 Å². The topological polar surface area (TPSA) is 48.4 Å². The fraction of sp³-hybridized carbons (Fsp3) is 0.250. The van der Waals surface area contributed by atoms with Gasteiger partial charge in [0.15, 0.2) is 0 Å². The maximum Gasteiger partial charge on any atom is 0.337 e. The Morgan fingerprint density at radius 2 is 2.00 bits per heavy atom. The van der Waals surface area contributed by atoms with Gasteiger partial charge < -0.3 is 9.47 Å². The number of aromatic nitrogens is 1. The molecule has 1 heterocycles. The SMILES string of the molecule is COC(=O)c1ccc(OCCCc2cccnc2)cc1. The number of esters is 1. The van der Waals surface area contributed by atoms with Crippen molar-refractivity contribution in [2.75, 3.05) is 13.7 Å². The van der Waals surface area contributed by atoms with Crippen molar-refractivity contribution in [2.45, 2.75) is 12.8 Å². The molecule has 0 aliphatic heterocycles. The third kappa shape index (κ3) is 4.09. The molecule has 0 N–H and O–H groups in total. The van der Waals surface area contributed by atoms with Crippen LogP contribution in [0.5, 0.6) is 5.75 Å². The molecule has 1 aromatic heterocycles. The fourth-order valence-electron chi connectivity index (χ4n) is 1.82. The summed E-state index contributed by atoms with van der Waals surface area (Å²) in [6, 6.07) is 10.9. The predicted octanol–water partition coefficient (Wildman–Crippen LogP) is 2.88. The van der Waals surface area contributed by atoms with Gasteiger partial charge in [0.2, 0.25) is 0 Å². The van der Waals surface area contributed by atoms with Crippen LogP contribution in [0.1, 0.15) is 22.3 Å². The highest BCUT2D eigenvalue weighted by molar-refractivity contribution is 5.89. The van der Waals surface area contributed by atoms with Crippen LogP contribution >= 0.6 is 0 Å². The molecule has 0 saturated heterocycles. The third-order valence-electron chi connectivity index (χ3n) is 2.88. The highest BCUT2D eigenvalue weighted by Gasteiger charge is 2.04. The average molecular weight is 271 g/mol. The molecule has 4 nitrogen and oxygen atoms in total. The zero-order valence-corrected chi connectivity index (χ0v) is 11.4. The summed E-state index contributed by atoms with van der Waals surface area (Å²) in [5, 5.41) is 0. The van der Waals surface area contributed by atoms with Gasteiger partial charge in [-0.2, -0.15) is 0 Å². The Morgan fingerprint density at radius 1 is 1.20 bits per heavy atom. The molecule has 0 radical (unpaired) electrons. The van der Waals surface area contributed by atoms with Crippen molar-refractivity contribution < 1.29 is 14.3 Å². The number of nitrogens with zero attached hydrogens (tertiary/aromatic N) is 1. The Bertz CT molecular complexity index is 537. The van der Waals surface area contributed by atoms with E-state index < -0.39 is 0 Å². The van der Waals surface area contributed by atoms with Crippen molar-refractivity contribution >= 4 is 5.97 Å². The monoisotopic (exact) mass is 271 g/mol. The maximum absolute atomic E-state index is 11.3. The van der Waals surface area contributed by atoms with Crippen molar-refractivity contribution in [3.05, 3.63) is 59.9 Å². The summed E-state index contributed by atoms with van der Waals surface area (Å²) < 4.78 is 10.3.